The molecule has 0 bridgehead atoms. The van der Waals surface area contributed by atoms with Crippen molar-refractivity contribution in [1.82, 2.24) is 4.98 Å². The van der Waals surface area contributed by atoms with E-state index in [1.54, 1.807) is 12.3 Å². The Morgan fingerprint density at radius 1 is 1.65 bits per heavy atom. The second-order valence-corrected chi connectivity index (χ2v) is 5.30. The Labute approximate surface area is 109 Å². The minimum Gasteiger partial charge on any atom is -0.463 e. The minimum atomic E-state index is -0.430. The van der Waals surface area contributed by atoms with Gasteiger partial charge in [0.15, 0.2) is 0 Å². The van der Waals surface area contributed by atoms with Crippen molar-refractivity contribution >= 4 is 33.4 Å². The molecule has 5 nitrogen and oxygen atoms in total. The van der Waals surface area contributed by atoms with Crippen molar-refractivity contribution in [3.8, 4) is 0 Å². The number of nitrogens with one attached hydrogen (secondary N) is 1. The molecule has 1 rings (SSSR count). The molecule has 0 spiro atoms. The van der Waals surface area contributed by atoms with Crippen molar-refractivity contribution in [3.63, 3.8) is 0 Å². The lowest BCUT2D eigenvalue weighted by atomic mass is 10.1. The average molecular weight is 302 g/mol. The summed E-state index contributed by atoms with van der Waals surface area (Å²) in [5, 5.41) is 3.13. The maximum atomic E-state index is 10.8. The Morgan fingerprint density at radius 3 is 2.82 bits per heavy atom. The first-order valence-corrected chi connectivity index (χ1v) is 5.92. The smallest absolute Gasteiger partial charge is 0.302 e. The zero-order valence-electron chi connectivity index (χ0n) is 10.1. The van der Waals surface area contributed by atoms with Crippen LogP contribution in [0.15, 0.2) is 16.7 Å². The van der Waals surface area contributed by atoms with Crippen LogP contribution in [0.1, 0.15) is 20.8 Å². The lowest BCUT2D eigenvalue weighted by Crippen LogP contribution is -2.37. The zero-order valence-corrected chi connectivity index (χ0v) is 11.7. The van der Waals surface area contributed by atoms with Crippen LogP contribution in [0, 0.1) is 0 Å². The molecule has 0 fully saturated rings. The monoisotopic (exact) mass is 301 g/mol. The summed E-state index contributed by atoms with van der Waals surface area (Å²) in [6.45, 7) is 5.43. The van der Waals surface area contributed by atoms with Crippen LogP contribution in [0.3, 0.4) is 0 Å². The highest BCUT2D eigenvalue weighted by Gasteiger charge is 2.20. The molecule has 3 N–H and O–H groups in total. The lowest BCUT2D eigenvalue weighted by molar-refractivity contribution is -0.142. The number of halogens is 1. The maximum Gasteiger partial charge on any atom is 0.302 e. The predicted molar refractivity (Wildman–Crippen MR) is 70.7 cm³/mol. The van der Waals surface area contributed by atoms with Crippen LogP contribution in [-0.2, 0) is 9.53 Å². The third-order valence-electron chi connectivity index (χ3n) is 1.98. The zero-order chi connectivity index (χ0) is 13.1. The standard InChI is InChI=1S/C11H16BrN3O2/c1-7(16)17-6-11(2,3)15-10-9(13)4-8(12)5-14-10/h4-5H,6,13H2,1-3H3,(H,14,15). The van der Waals surface area contributed by atoms with Crippen molar-refractivity contribution in [2.45, 2.75) is 26.3 Å². The van der Waals surface area contributed by atoms with Crippen LogP contribution in [0.2, 0.25) is 0 Å². The summed E-state index contributed by atoms with van der Waals surface area (Å²) in [4.78, 5) is 14.9. The second-order valence-electron chi connectivity index (χ2n) is 4.38. The topological polar surface area (TPSA) is 77.2 Å². The number of nitrogen functional groups attached to an aromatic ring is 1. The first-order chi connectivity index (χ1) is 7.80. The molecule has 0 aliphatic heterocycles. The van der Waals surface area contributed by atoms with Gasteiger partial charge >= 0.3 is 5.97 Å². The van der Waals surface area contributed by atoms with E-state index in [1.807, 2.05) is 13.8 Å². The molecule has 0 amide bonds. The third-order valence-corrected chi connectivity index (χ3v) is 2.41. The number of rotatable bonds is 4. The molecular weight excluding hydrogens is 286 g/mol. The van der Waals surface area contributed by atoms with Gasteiger partial charge in [0.25, 0.3) is 0 Å². The predicted octanol–water partition coefficient (Wildman–Crippen LogP) is 2.18. The van der Waals surface area contributed by atoms with E-state index in [1.165, 1.54) is 6.92 Å². The molecular formula is C11H16BrN3O2. The minimum absolute atomic E-state index is 0.250. The fourth-order valence-corrected chi connectivity index (χ4v) is 1.55. The van der Waals surface area contributed by atoms with E-state index in [9.17, 15) is 4.79 Å². The molecule has 0 aromatic carbocycles. The molecule has 1 aromatic rings. The Balaban J connectivity index is 2.72. The third kappa shape index (κ3) is 4.60. The summed E-state index contributed by atoms with van der Waals surface area (Å²) < 4.78 is 5.78. The summed E-state index contributed by atoms with van der Waals surface area (Å²) in [7, 11) is 0. The summed E-state index contributed by atoms with van der Waals surface area (Å²) in [6.07, 6.45) is 1.65. The van der Waals surface area contributed by atoms with Crippen LogP contribution in [0.5, 0.6) is 0 Å². The Bertz CT molecular complexity index is 421. The number of carbonyl (C=O) groups is 1. The van der Waals surface area contributed by atoms with Crippen molar-refractivity contribution in [2.75, 3.05) is 17.7 Å². The molecule has 6 heteroatoms. The van der Waals surface area contributed by atoms with E-state index in [0.717, 1.165) is 4.47 Å². The SMILES string of the molecule is CC(=O)OCC(C)(C)Nc1ncc(Br)cc1N. The lowest BCUT2D eigenvalue weighted by Gasteiger charge is -2.26. The molecule has 17 heavy (non-hydrogen) atoms. The number of nitrogens with two attached hydrogens (primary N) is 1. The van der Waals surface area contributed by atoms with Gasteiger partial charge in [-0.1, -0.05) is 0 Å². The number of carbonyl (C=O) groups excluding carboxylic acids is 1. The van der Waals surface area contributed by atoms with Crippen LogP contribution in [0.25, 0.3) is 0 Å². The van der Waals surface area contributed by atoms with Gasteiger partial charge in [-0.25, -0.2) is 4.98 Å². The van der Waals surface area contributed by atoms with Gasteiger partial charge in [0.05, 0.1) is 11.2 Å². The van der Waals surface area contributed by atoms with Crippen molar-refractivity contribution < 1.29 is 9.53 Å². The fraction of sp³-hybridized carbons (Fsp3) is 0.455. The number of ether oxygens (including phenoxy) is 1. The molecule has 94 valence electrons. The molecule has 0 atom stereocenters. The highest BCUT2D eigenvalue weighted by Crippen LogP contribution is 2.23. The Hall–Kier alpha value is -1.30. The van der Waals surface area contributed by atoms with E-state index in [2.05, 4.69) is 26.2 Å². The molecule has 0 radical (unpaired) electrons. The first-order valence-electron chi connectivity index (χ1n) is 5.13. The van der Waals surface area contributed by atoms with Crippen LogP contribution < -0.4 is 11.1 Å². The quantitative estimate of drug-likeness (QED) is 0.834. The van der Waals surface area contributed by atoms with Crippen LogP contribution >= 0.6 is 15.9 Å². The maximum absolute atomic E-state index is 10.8. The van der Waals surface area contributed by atoms with Gasteiger partial charge in [0.1, 0.15) is 12.4 Å². The van der Waals surface area contributed by atoms with Gasteiger partial charge in [0.2, 0.25) is 0 Å². The number of pyridine rings is 1. The van der Waals surface area contributed by atoms with E-state index < -0.39 is 5.54 Å². The Morgan fingerprint density at radius 2 is 2.29 bits per heavy atom. The summed E-state index contributed by atoms with van der Waals surface area (Å²) >= 11 is 3.29. The summed E-state index contributed by atoms with van der Waals surface area (Å²) in [5.41, 5.74) is 5.93. The highest BCUT2D eigenvalue weighted by atomic mass is 79.9. The van der Waals surface area contributed by atoms with E-state index >= 15 is 0 Å². The average Bonchev–Trinajstić information content (AvgIpc) is 2.20. The molecule has 0 saturated carbocycles. The summed E-state index contributed by atoms with van der Waals surface area (Å²) in [6, 6.07) is 1.76. The van der Waals surface area contributed by atoms with Gasteiger partial charge in [0, 0.05) is 17.6 Å². The largest absolute Gasteiger partial charge is 0.463 e. The van der Waals surface area contributed by atoms with Gasteiger partial charge in [-0.15, -0.1) is 0 Å². The first kappa shape index (κ1) is 13.8. The summed E-state index contributed by atoms with van der Waals surface area (Å²) in [5.74, 6) is 0.266. The number of hydrogen-bond donors (Lipinski definition) is 2. The van der Waals surface area contributed by atoms with Gasteiger partial charge in [-0.2, -0.15) is 0 Å². The molecule has 0 aliphatic carbocycles. The molecule has 0 unspecified atom stereocenters. The Kier molecular flexibility index (Phi) is 4.34. The highest BCUT2D eigenvalue weighted by molar-refractivity contribution is 9.10. The number of aromatic nitrogens is 1. The second kappa shape index (κ2) is 5.35. The van der Waals surface area contributed by atoms with Crippen LogP contribution in [-0.4, -0.2) is 23.1 Å². The molecule has 0 saturated heterocycles. The molecule has 0 aliphatic rings. The fourth-order valence-electron chi connectivity index (χ4n) is 1.20. The number of hydrogen-bond acceptors (Lipinski definition) is 5. The van der Waals surface area contributed by atoms with Crippen molar-refractivity contribution in [3.05, 3.63) is 16.7 Å². The van der Waals surface area contributed by atoms with Gasteiger partial charge in [-0.3, -0.25) is 4.79 Å². The number of anilines is 2. The van der Waals surface area contributed by atoms with E-state index in [0.29, 0.717) is 11.5 Å². The van der Waals surface area contributed by atoms with E-state index in [4.69, 9.17) is 10.5 Å². The van der Waals surface area contributed by atoms with Gasteiger partial charge in [-0.05, 0) is 35.8 Å². The molecule has 1 aromatic heterocycles. The van der Waals surface area contributed by atoms with Gasteiger partial charge < -0.3 is 15.8 Å². The number of nitrogens with zero attached hydrogens (tertiary/aromatic N) is 1. The van der Waals surface area contributed by atoms with Crippen molar-refractivity contribution in [1.29, 1.82) is 0 Å². The number of esters is 1. The molecule has 1 heterocycles. The van der Waals surface area contributed by atoms with Crippen LogP contribution in [0.4, 0.5) is 11.5 Å². The van der Waals surface area contributed by atoms with Crippen molar-refractivity contribution in [2.24, 2.45) is 0 Å². The normalized spacial score (nSPS) is 11.1. The van der Waals surface area contributed by atoms with E-state index in [-0.39, 0.29) is 12.6 Å².